The molecule has 4 heteroatoms. The van der Waals surface area contributed by atoms with Gasteiger partial charge in [-0.2, -0.15) is 0 Å². The third-order valence-electron chi connectivity index (χ3n) is 17.1. The molecule has 366 valence electrons. The zero-order chi connectivity index (χ0) is 51.7. The second-order valence-corrected chi connectivity index (χ2v) is 26.1. The first-order valence-corrected chi connectivity index (χ1v) is 27.8. The van der Waals surface area contributed by atoms with Gasteiger partial charge in [-0.25, -0.2) is 0 Å². The smallest absolute Gasteiger partial charge is 0.264 e. The number of para-hydroxylation sites is 1. The lowest BCUT2D eigenvalue weighted by Crippen LogP contribution is -2.60. The van der Waals surface area contributed by atoms with Gasteiger partial charge in [-0.05, 0) is 174 Å². The van der Waals surface area contributed by atoms with E-state index in [1.54, 1.807) is 0 Å². The standard InChI is InChI=1S/C71H63BN2S/c1-42-28-34-50-51-40-52-63(41-58(51)71(57(50)36-42)53-24-17-15-22-48(53)49-23-16-18-25-54(49)71)75-67-66(52)74(47-32-30-45(31-33-47)68(3,4)5)62-38-43(2)37-61-65(62)72(67)59-35-29-44(39-60(59)73(61)46-20-13-12-14-21-46)64-55(69(6,7)8)26-19-27-56(64)70(9,10)11/h12-41H,1-11H3. The molecule has 9 aromatic carbocycles. The van der Waals surface area contributed by atoms with Gasteiger partial charge in [0.05, 0.1) is 11.1 Å². The molecule has 4 aliphatic rings. The molecule has 2 aliphatic carbocycles. The minimum absolute atomic E-state index is 0.0104. The predicted octanol–water partition coefficient (Wildman–Crippen LogP) is 17.5. The van der Waals surface area contributed by atoms with E-state index < -0.39 is 5.41 Å². The number of rotatable bonds is 3. The average molecular weight is 987 g/mol. The summed E-state index contributed by atoms with van der Waals surface area (Å²) in [6, 6.07) is 70.9. The van der Waals surface area contributed by atoms with Crippen LogP contribution in [0.3, 0.4) is 0 Å². The van der Waals surface area contributed by atoms with Crippen molar-refractivity contribution in [2.24, 2.45) is 0 Å². The highest BCUT2D eigenvalue weighted by atomic mass is 32.1. The van der Waals surface area contributed by atoms with Gasteiger partial charge in [0.15, 0.2) is 0 Å². The quantitative estimate of drug-likeness (QED) is 0.163. The summed E-state index contributed by atoms with van der Waals surface area (Å²) in [5, 5.41) is 1.31. The van der Waals surface area contributed by atoms with Crippen LogP contribution in [0.1, 0.15) is 112 Å². The Morgan fingerprint density at radius 3 is 1.67 bits per heavy atom. The molecule has 2 aliphatic heterocycles. The summed E-state index contributed by atoms with van der Waals surface area (Å²) in [5.41, 5.74) is 29.7. The van der Waals surface area contributed by atoms with Crippen LogP contribution in [-0.4, -0.2) is 6.71 Å². The number of anilines is 6. The molecule has 0 amide bonds. The summed E-state index contributed by atoms with van der Waals surface area (Å²) in [7, 11) is 0. The minimum atomic E-state index is -0.433. The molecular weight excluding hydrogens is 924 g/mol. The van der Waals surface area contributed by atoms with Crippen molar-refractivity contribution in [3.05, 3.63) is 232 Å². The fourth-order valence-electron chi connectivity index (χ4n) is 13.9. The molecule has 0 saturated carbocycles. The molecule has 14 rings (SSSR count). The van der Waals surface area contributed by atoms with Crippen molar-refractivity contribution in [3.8, 4) is 33.4 Å². The maximum Gasteiger partial charge on any atom is 0.264 e. The second-order valence-electron chi connectivity index (χ2n) is 25.1. The number of benzene rings is 9. The summed E-state index contributed by atoms with van der Waals surface area (Å²) < 4.78 is 2.72. The normalized spacial score (nSPS) is 14.6. The molecular formula is C71H63BN2S. The maximum absolute atomic E-state index is 2.65. The molecule has 10 aromatic rings. The molecule has 0 bridgehead atoms. The van der Waals surface area contributed by atoms with Gasteiger partial charge < -0.3 is 9.80 Å². The van der Waals surface area contributed by atoms with Gasteiger partial charge >= 0.3 is 0 Å². The Hall–Kier alpha value is -7.40. The lowest BCUT2D eigenvalue weighted by Gasteiger charge is -2.43. The van der Waals surface area contributed by atoms with Crippen molar-refractivity contribution < 1.29 is 0 Å². The fourth-order valence-corrected chi connectivity index (χ4v) is 15.2. The van der Waals surface area contributed by atoms with Crippen molar-refractivity contribution in [1.82, 2.24) is 0 Å². The summed E-state index contributed by atoms with van der Waals surface area (Å²) in [6.45, 7) is 25.7. The minimum Gasteiger partial charge on any atom is -0.311 e. The molecule has 0 radical (unpaired) electrons. The van der Waals surface area contributed by atoms with Crippen LogP contribution >= 0.6 is 11.3 Å². The van der Waals surface area contributed by atoms with E-state index in [2.05, 4.69) is 268 Å². The SMILES string of the molecule is Cc1cc2c3c(c1)N(c1ccc(C(C)(C)C)cc1)c1c(sc4cc5c(cc14)-c1ccc(C)cc1C51c4ccccc4-c4ccccc41)B3c1ccc(-c3c(C(C)(C)C)cccc3C(C)(C)C)cc1N2c1ccccc1. The molecule has 0 atom stereocenters. The first-order chi connectivity index (χ1) is 35.9. The largest absolute Gasteiger partial charge is 0.311 e. The summed E-state index contributed by atoms with van der Waals surface area (Å²) in [4.78, 5) is 5.23. The number of hydrogen-bond donors (Lipinski definition) is 0. The lowest BCUT2D eigenvalue weighted by atomic mass is 9.36. The first kappa shape index (κ1) is 46.2. The third kappa shape index (κ3) is 6.51. The predicted molar refractivity (Wildman–Crippen MR) is 323 cm³/mol. The molecule has 3 heterocycles. The molecule has 0 saturated heterocycles. The topological polar surface area (TPSA) is 6.48 Å². The number of fused-ring (bicyclic) bond motifs is 16. The van der Waals surface area contributed by atoms with Gasteiger partial charge in [0.1, 0.15) is 0 Å². The Morgan fingerprint density at radius 1 is 0.440 bits per heavy atom. The van der Waals surface area contributed by atoms with Crippen molar-refractivity contribution in [2.45, 2.75) is 97.8 Å². The van der Waals surface area contributed by atoms with Gasteiger partial charge in [-0.15, -0.1) is 11.3 Å². The molecule has 1 spiro atoms. The van der Waals surface area contributed by atoms with E-state index in [1.807, 2.05) is 11.3 Å². The molecule has 0 fully saturated rings. The summed E-state index contributed by atoms with van der Waals surface area (Å²) in [6.07, 6.45) is 0. The van der Waals surface area contributed by atoms with E-state index in [1.165, 1.54) is 143 Å². The molecule has 0 unspecified atom stereocenters. The van der Waals surface area contributed by atoms with Crippen LogP contribution in [0.4, 0.5) is 34.1 Å². The van der Waals surface area contributed by atoms with Crippen molar-refractivity contribution in [1.29, 1.82) is 0 Å². The highest BCUT2D eigenvalue weighted by Gasteiger charge is 2.53. The van der Waals surface area contributed by atoms with Crippen LogP contribution in [0.5, 0.6) is 0 Å². The zero-order valence-electron chi connectivity index (χ0n) is 45.2. The highest BCUT2D eigenvalue weighted by Crippen LogP contribution is 2.64. The van der Waals surface area contributed by atoms with Gasteiger partial charge in [0.25, 0.3) is 6.71 Å². The van der Waals surface area contributed by atoms with Crippen LogP contribution in [0.25, 0.3) is 43.5 Å². The average Bonchev–Trinajstić information content (AvgIpc) is 4.11. The van der Waals surface area contributed by atoms with E-state index >= 15 is 0 Å². The zero-order valence-corrected chi connectivity index (χ0v) is 46.0. The fraction of sp³-hybridized carbons (Fsp3) is 0.211. The van der Waals surface area contributed by atoms with Gasteiger partial charge in [-0.3, -0.25) is 0 Å². The Labute approximate surface area is 448 Å². The van der Waals surface area contributed by atoms with E-state index in [4.69, 9.17) is 0 Å². The third-order valence-corrected chi connectivity index (χ3v) is 18.4. The Morgan fingerprint density at radius 2 is 1.03 bits per heavy atom. The number of thiophene rings is 1. The van der Waals surface area contributed by atoms with Gasteiger partial charge in [0.2, 0.25) is 0 Å². The van der Waals surface area contributed by atoms with Crippen molar-refractivity contribution >= 4 is 78.0 Å². The molecule has 75 heavy (non-hydrogen) atoms. The first-order valence-electron chi connectivity index (χ1n) is 27.0. The van der Waals surface area contributed by atoms with Crippen molar-refractivity contribution in [2.75, 3.05) is 9.80 Å². The monoisotopic (exact) mass is 986 g/mol. The number of aryl methyl sites for hydroxylation is 2. The van der Waals surface area contributed by atoms with Gasteiger partial charge in [0, 0.05) is 43.3 Å². The van der Waals surface area contributed by atoms with Crippen LogP contribution in [0.15, 0.2) is 182 Å². The van der Waals surface area contributed by atoms with E-state index in [9.17, 15) is 0 Å². The Bertz CT molecular complexity index is 3960. The maximum atomic E-state index is 2.65. The van der Waals surface area contributed by atoms with Crippen molar-refractivity contribution in [3.63, 3.8) is 0 Å². The molecule has 0 N–H and O–H groups in total. The highest BCUT2D eigenvalue weighted by molar-refractivity contribution is 7.33. The summed E-state index contributed by atoms with van der Waals surface area (Å²) >= 11 is 2.01. The molecule has 2 nitrogen and oxygen atoms in total. The molecule has 1 aromatic heterocycles. The van der Waals surface area contributed by atoms with Gasteiger partial charge in [-0.1, -0.05) is 195 Å². The second kappa shape index (κ2) is 15.8. The van der Waals surface area contributed by atoms with Crippen LogP contribution in [-0.2, 0) is 21.7 Å². The number of hydrogen-bond acceptors (Lipinski definition) is 3. The Balaban J connectivity index is 1.09. The van der Waals surface area contributed by atoms with E-state index in [0.717, 1.165) is 0 Å². The van der Waals surface area contributed by atoms with Crippen LogP contribution < -0.4 is 25.5 Å². The Kier molecular flexibility index (Phi) is 9.74. The van der Waals surface area contributed by atoms with Crippen LogP contribution in [0, 0.1) is 13.8 Å². The van der Waals surface area contributed by atoms with E-state index in [0.29, 0.717) is 0 Å². The lowest BCUT2D eigenvalue weighted by molar-refractivity contribution is 0.572. The van der Waals surface area contributed by atoms with E-state index in [-0.39, 0.29) is 23.0 Å². The summed E-state index contributed by atoms with van der Waals surface area (Å²) in [5.74, 6) is 0. The number of nitrogens with zero attached hydrogens (tertiary/aromatic N) is 2. The van der Waals surface area contributed by atoms with Crippen LogP contribution in [0.2, 0.25) is 0 Å².